The summed E-state index contributed by atoms with van der Waals surface area (Å²) < 4.78 is 5.38. The second kappa shape index (κ2) is 5.23. The van der Waals surface area contributed by atoms with E-state index in [1.807, 2.05) is 0 Å². The first kappa shape index (κ1) is 16.4. The summed E-state index contributed by atoms with van der Waals surface area (Å²) in [6, 6.07) is 6.25. The fraction of sp³-hybridized carbons (Fsp3) is 0.600. The largest absolute Gasteiger partial charge is 0.478 e. The van der Waals surface area contributed by atoms with Crippen molar-refractivity contribution in [3.8, 4) is 5.75 Å². The van der Waals surface area contributed by atoms with E-state index in [1.165, 1.54) is 31.4 Å². The molecule has 5 nitrogen and oxygen atoms in total. The van der Waals surface area contributed by atoms with Crippen LogP contribution in [0.15, 0.2) is 24.3 Å². The van der Waals surface area contributed by atoms with Gasteiger partial charge in [0.2, 0.25) is 0 Å². The van der Waals surface area contributed by atoms with E-state index in [0.29, 0.717) is 16.7 Å². The molecule has 5 rings (SSSR count). The van der Waals surface area contributed by atoms with Crippen LogP contribution in [0.2, 0.25) is 0 Å². The summed E-state index contributed by atoms with van der Waals surface area (Å²) in [5.74, 6) is -0.342. The molecule has 0 aliphatic heterocycles. The van der Waals surface area contributed by atoms with Gasteiger partial charge in [0.1, 0.15) is 11.3 Å². The molecule has 1 unspecified atom stereocenters. The number of carbonyl (C=O) groups is 2. The van der Waals surface area contributed by atoms with E-state index in [4.69, 9.17) is 4.74 Å². The molecule has 0 spiro atoms. The zero-order valence-corrected chi connectivity index (χ0v) is 14.8. The Hall–Kier alpha value is -2.04. The van der Waals surface area contributed by atoms with Crippen molar-refractivity contribution in [3.05, 3.63) is 29.8 Å². The highest BCUT2D eigenvalue weighted by Gasteiger charge is 2.60. The SMILES string of the molecule is C[C@]12C[C@H]3CC(NC(=O)Oc4ccccc4C(=O)O)(C1)C[C@@](C)(C3)C2. The average molecular weight is 343 g/mol. The summed E-state index contributed by atoms with van der Waals surface area (Å²) in [5.41, 5.74) is 0.376. The Labute approximate surface area is 147 Å². The first-order valence-electron chi connectivity index (χ1n) is 9.02. The molecule has 4 aliphatic rings. The third kappa shape index (κ3) is 2.90. The molecule has 0 saturated heterocycles. The Bertz CT molecular complexity index is 725. The zero-order chi connectivity index (χ0) is 17.9. The lowest BCUT2D eigenvalue weighted by atomic mass is 9.43. The van der Waals surface area contributed by atoms with Gasteiger partial charge in [0, 0.05) is 5.54 Å². The summed E-state index contributed by atoms with van der Waals surface area (Å²) in [7, 11) is 0. The Morgan fingerprint density at radius 3 is 2.32 bits per heavy atom. The average Bonchev–Trinajstić information content (AvgIpc) is 2.42. The van der Waals surface area contributed by atoms with Gasteiger partial charge in [0.15, 0.2) is 0 Å². The molecule has 1 amide bonds. The predicted octanol–water partition coefficient (Wildman–Crippen LogP) is 4.22. The van der Waals surface area contributed by atoms with Gasteiger partial charge in [-0.05, 0) is 67.4 Å². The third-order valence-corrected chi connectivity index (χ3v) is 6.31. The van der Waals surface area contributed by atoms with E-state index in [1.54, 1.807) is 12.1 Å². The number of rotatable bonds is 3. The molecule has 4 fully saturated rings. The lowest BCUT2D eigenvalue weighted by Gasteiger charge is -2.65. The van der Waals surface area contributed by atoms with Crippen molar-refractivity contribution < 1.29 is 19.4 Å². The van der Waals surface area contributed by atoms with Crippen LogP contribution >= 0.6 is 0 Å². The third-order valence-electron chi connectivity index (χ3n) is 6.31. The minimum atomic E-state index is -1.10. The Balaban J connectivity index is 1.53. The van der Waals surface area contributed by atoms with Gasteiger partial charge < -0.3 is 15.2 Å². The van der Waals surface area contributed by atoms with E-state index >= 15 is 0 Å². The van der Waals surface area contributed by atoms with Crippen LogP contribution in [0.4, 0.5) is 4.79 Å². The van der Waals surface area contributed by atoms with Gasteiger partial charge in [-0.3, -0.25) is 0 Å². The highest BCUT2D eigenvalue weighted by Crippen LogP contribution is 2.66. The minimum absolute atomic E-state index is 0.00193. The quantitative estimate of drug-likeness (QED) is 0.861. The Morgan fingerprint density at radius 2 is 1.72 bits per heavy atom. The van der Waals surface area contributed by atoms with Crippen LogP contribution in [0, 0.1) is 16.7 Å². The number of carbonyl (C=O) groups excluding carboxylic acids is 1. The molecular formula is C20H25NO4. The summed E-state index contributed by atoms with van der Waals surface area (Å²) in [6.07, 6.45) is 6.18. The first-order valence-corrected chi connectivity index (χ1v) is 9.02. The molecule has 0 heterocycles. The fourth-order valence-electron chi connectivity index (χ4n) is 6.66. The molecule has 0 radical (unpaired) electrons. The number of amides is 1. The van der Waals surface area contributed by atoms with Gasteiger partial charge in [-0.2, -0.15) is 0 Å². The maximum atomic E-state index is 12.6. The van der Waals surface area contributed by atoms with E-state index < -0.39 is 12.1 Å². The number of carboxylic acid groups (broad SMARTS) is 1. The van der Waals surface area contributed by atoms with Crippen molar-refractivity contribution in [2.45, 2.75) is 57.9 Å². The second-order valence-electron chi connectivity index (χ2n) is 9.23. The molecule has 4 bridgehead atoms. The van der Waals surface area contributed by atoms with Crippen molar-refractivity contribution in [2.24, 2.45) is 16.7 Å². The molecule has 1 aromatic carbocycles. The summed E-state index contributed by atoms with van der Waals surface area (Å²) in [5, 5.41) is 12.4. The maximum absolute atomic E-state index is 12.6. The van der Waals surface area contributed by atoms with E-state index in [0.717, 1.165) is 19.3 Å². The van der Waals surface area contributed by atoms with Gasteiger partial charge in [0.25, 0.3) is 0 Å². The number of carboxylic acids is 1. The molecule has 1 aromatic rings. The maximum Gasteiger partial charge on any atom is 0.413 e. The molecule has 4 saturated carbocycles. The van der Waals surface area contributed by atoms with Crippen LogP contribution in [0.5, 0.6) is 5.75 Å². The van der Waals surface area contributed by atoms with E-state index in [9.17, 15) is 14.7 Å². The van der Waals surface area contributed by atoms with Gasteiger partial charge in [-0.15, -0.1) is 0 Å². The van der Waals surface area contributed by atoms with Crippen LogP contribution in [0.3, 0.4) is 0 Å². The van der Waals surface area contributed by atoms with Crippen LogP contribution < -0.4 is 10.1 Å². The molecular weight excluding hydrogens is 318 g/mol. The number of aromatic carboxylic acids is 1. The Morgan fingerprint density at radius 1 is 1.08 bits per heavy atom. The highest BCUT2D eigenvalue weighted by atomic mass is 16.6. The topological polar surface area (TPSA) is 75.6 Å². The standard InChI is InChI=1S/C20H25NO4/c1-18-7-13-8-19(2,10-18)12-20(9-13,11-18)21-17(24)25-15-6-4-3-5-14(15)16(22)23/h3-6,13H,7-12H2,1-2H3,(H,21,24)(H,22,23)/t13-,18-,19+,20?. The zero-order valence-electron chi connectivity index (χ0n) is 14.8. The van der Waals surface area contributed by atoms with Crippen LogP contribution in [0.25, 0.3) is 0 Å². The van der Waals surface area contributed by atoms with Gasteiger partial charge in [0.05, 0.1) is 0 Å². The number of para-hydroxylation sites is 1. The minimum Gasteiger partial charge on any atom is -0.478 e. The monoisotopic (exact) mass is 343 g/mol. The number of nitrogens with one attached hydrogen (secondary N) is 1. The molecule has 134 valence electrons. The molecule has 4 aliphatic carbocycles. The Kier molecular flexibility index (Phi) is 3.44. The van der Waals surface area contributed by atoms with E-state index in [-0.39, 0.29) is 16.9 Å². The summed E-state index contributed by atoms with van der Waals surface area (Å²) in [6.45, 7) is 4.69. The van der Waals surface area contributed by atoms with Crippen LogP contribution in [-0.2, 0) is 0 Å². The smallest absolute Gasteiger partial charge is 0.413 e. The molecule has 25 heavy (non-hydrogen) atoms. The number of hydrogen-bond donors (Lipinski definition) is 2. The number of ether oxygens (including phenoxy) is 1. The molecule has 0 aromatic heterocycles. The van der Waals surface area contributed by atoms with E-state index in [2.05, 4.69) is 19.2 Å². The predicted molar refractivity (Wildman–Crippen MR) is 92.7 cm³/mol. The van der Waals surface area contributed by atoms with Crippen molar-refractivity contribution >= 4 is 12.1 Å². The number of benzene rings is 1. The van der Waals surface area contributed by atoms with Gasteiger partial charge in [-0.1, -0.05) is 26.0 Å². The van der Waals surface area contributed by atoms with Crippen molar-refractivity contribution in [1.82, 2.24) is 5.32 Å². The summed E-state index contributed by atoms with van der Waals surface area (Å²) >= 11 is 0. The molecule has 4 atom stereocenters. The normalized spacial score (nSPS) is 38.4. The first-order chi connectivity index (χ1) is 11.7. The highest BCUT2D eigenvalue weighted by molar-refractivity contribution is 5.91. The van der Waals surface area contributed by atoms with Gasteiger partial charge in [-0.25, -0.2) is 9.59 Å². The number of hydrogen-bond acceptors (Lipinski definition) is 3. The van der Waals surface area contributed by atoms with Crippen molar-refractivity contribution in [3.63, 3.8) is 0 Å². The lowest BCUT2D eigenvalue weighted by Crippen LogP contribution is -2.65. The molecule has 2 N–H and O–H groups in total. The fourth-order valence-corrected chi connectivity index (χ4v) is 6.66. The molecule has 5 heteroatoms. The summed E-state index contributed by atoms with van der Waals surface area (Å²) in [4.78, 5) is 23.8. The van der Waals surface area contributed by atoms with Gasteiger partial charge >= 0.3 is 12.1 Å². The van der Waals surface area contributed by atoms with Crippen LogP contribution in [0.1, 0.15) is 62.7 Å². The lowest BCUT2D eigenvalue weighted by molar-refractivity contribution is -0.114. The van der Waals surface area contributed by atoms with Crippen molar-refractivity contribution in [1.29, 1.82) is 0 Å². The second-order valence-corrected chi connectivity index (χ2v) is 9.23. The van der Waals surface area contributed by atoms with Crippen LogP contribution in [-0.4, -0.2) is 22.7 Å². The van der Waals surface area contributed by atoms with Crippen molar-refractivity contribution in [2.75, 3.05) is 0 Å².